The zero-order valence-electron chi connectivity index (χ0n) is 16.7. The van der Waals surface area contributed by atoms with Gasteiger partial charge in [0.25, 0.3) is 5.56 Å². The Morgan fingerprint density at radius 1 is 1.17 bits per heavy atom. The number of hydrogen-bond donors (Lipinski definition) is 0. The van der Waals surface area contributed by atoms with Crippen LogP contribution in [0.15, 0.2) is 29.1 Å². The first-order chi connectivity index (χ1) is 14.0. The summed E-state index contributed by atoms with van der Waals surface area (Å²) in [5.74, 6) is 0.640. The van der Waals surface area contributed by atoms with Crippen molar-refractivity contribution in [2.45, 2.75) is 46.2 Å². The highest BCUT2D eigenvalue weighted by Crippen LogP contribution is 2.38. The molecule has 0 amide bonds. The lowest BCUT2D eigenvalue weighted by Crippen LogP contribution is -2.27. The van der Waals surface area contributed by atoms with Gasteiger partial charge in [-0.05, 0) is 43.5 Å². The van der Waals surface area contributed by atoms with Crippen LogP contribution in [0.3, 0.4) is 0 Å². The first kappa shape index (κ1) is 19.4. The summed E-state index contributed by atoms with van der Waals surface area (Å²) in [7, 11) is 1.63. The van der Waals surface area contributed by atoms with Gasteiger partial charge in [0.2, 0.25) is 5.88 Å². The van der Waals surface area contributed by atoms with Crippen LogP contribution in [0.1, 0.15) is 31.6 Å². The Kier molecular flexibility index (Phi) is 5.27. The predicted molar refractivity (Wildman–Crippen MR) is 112 cm³/mol. The molecule has 0 unspecified atom stereocenters. The summed E-state index contributed by atoms with van der Waals surface area (Å²) in [5.41, 5.74) is 1.80. The van der Waals surface area contributed by atoms with Crippen molar-refractivity contribution in [1.29, 1.82) is 0 Å². The van der Waals surface area contributed by atoms with E-state index >= 15 is 0 Å². The van der Waals surface area contributed by atoms with Crippen LogP contribution < -0.4 is 15.0 Å². The topological polar surface area (TPSA) is 75.3 Å². The second kappa shape index (κ2) is 7.87. The van der Waals surface area contributed by atoms with Gasteiger partial charge in [0, 0.05) is 30.5 Å². The number of carbonyl (C=O) groups is 1. The third kappa shape index (κ3) is 3.48. The van der Waals surface area contributed by atoms with Crippen LogP contribution in [0.2, 0.25) is 0 Å². The van der Waals surface area contributed by atoms with Crippen LogP contribution in [0.5, 0.6) is 11.6 Å². The van der Waals surface area contributed by atoms with Gasteiger partial charge in [-0.25, -0.2) is 9.67 Å². The van der Waals surface area contributed by atoms with Gasteiger partial charge in [-0.15, -0.1) is 11.3 Å². The van der Waals surface area contributed by atoms with E-state index in [0.717, 1.165) is 40.5 Å². The van der Waals surface area contributed by atoms with Gasteiger partial charge in [0.15, 0.2) is 0 Å². The molecule has 0 bridgehead atoms. The molecular formula is C21H23N3O4S. The molecule has 3 aromatic rings. The van der Waals surface area contributed by atoms with Crippen molar-refractivity contribution in [3.63, 3.8) is 0 Å². The number of benzene rings is 1. The Morgan fingerprint density at radius 2 is 1.86 bits per heavy atom. The predicted octanol–water partition coefficient (Wildman–Crippen LogP) is 3.73. The number of methoxy groups -OCH3 is 1. The van der Waals surface area contributed by atoms with Crippen molar-refractivity contribution in [3.8, 4) is 33.5 Å². The van der Waals surface area contributed by atoms with Gasteiger partial charge in [-0.2, -0.15) is 0 Å². The number of ether oxygens (including phenoxy) is 2. The first-order valence-corrected chi connectivity index (χ1v) is 10.5. The fourth-order valence-electron chi connectivity index (χ4n) is 3.62. The quantitative estimate of drug-likeness (QED) is 0.596. The Hall–Kier alpha value is -2.87. The third-order valence-corrected chi connectivity index (χ3v) is 6.26. The van der Waals surface area contributed by atoms with Gasteiger partial charge in [-0.1, -0.05) is 6.92 Å². The van der Waals surface area contributed by atoms with Gasteiger partial charge in [-0.3, -0.25) is 14.3 Å². The number of esters is 1. The van der Waals surface area contributed by atoms with Crippen LogP contribution in [0, 0.1) is 0 Å². The fraction of sp³-hybridized carbons (Fsp3) is 0.381. The van der Waals surface area contributed by atoms with E-state index in [0.29, 0.717) is 30.2 Å². The number of aromatic nitrogens is 3. The van der Waals surface area contributed by atoms with E-state index in [1.807, 2.05) is 31.2 Å². The SMILES string of the molecule is CCc1sc(-c2ccc(OC)cc2)nc1-c1c(OC(C)=O)n2n(c1=O)CCCC2. The Balaban J connectivity index is 1.88. The van der Waals surface area contributed by atoms with E-state index in [2.05, 4.69) is 0 Å². The molecule has 4 rings (SSSR count). The van der Waals surface area contributed by atoms with Gasteiger partial charge in [0.1, 0.15) is 16.3 Å². The molecule has 0 aliphatic carbocycles. The maximum Gasteiger partial charge on any atom is 0.309 e. The zero-order chi connectivity index (χ0) is 20.5. The lowest BCUT2D eigenvalue weighted by Gasteiger charge is -2.18. The van der Waals surface area contributed by atoms with Crippen molar-refractivity contribution < 1.29 is 14.3 Å². The molecule has 3 heterocycles. The fourth-order valence-corrected chi connectivity index (χ4v) is 4.64. The summed E-state index contributed by atoms with van der Waals surface area (Å²) in [6.45, 7) is 4.65. The second-order valence-corrected chi connectivity index (χ2v) is 7.99. The summed E-state index contributed by atoms with van der Waals surface area (Å²) < 4.78 is 14.2. The number of rotatable bonds is 5. The Morgan fingerprint density at radius 3 is 2.48 bits per heavy atom. The lowest BCUT2D eigenvalue weighted by molar-refractivity contribution is -0.132. The highest BCUT2D eigenvalue weighted by atomic mass is 32.1. The third-order valence-electron chi connectivity index (χ3n) is 5.01. The van der Waals surface area contributed by atoms with Crippen molar-refractivity contribution in [1.82, 2.24) is 14.3 Å². The smallest absolute Gasteiger partial charge is 0.309 e. The molecule has 0 saturated heterocycles. The molecule has 0 saturated carbocycles. The molecule has 2 aromatic heterocycles. The van der Waals surface area contributed by atoms with E-state index in [4.69, 9.17) is 14.5 Å². The van der Waals surface area contributed by atoms with Crippen molar-refractivity contribution in [2.75, 3.05) is 7.11 Å². The molecule has 0 fully saturated rings. The molecule has 1 aliphatic rings. The minimum atomic E-state index is -0.443. The van der Waals surface area contributed by atoms with E-state index in [-0.39, 0.29) is 5.56 Å². The number of aryl methyl sites for hydroxylation is 1. The average molecular weight is 413 g/mol. The molecule has 0 radical (unpaired) electrons. The maximum absolute atomic E-state index is 13.2. The van der Waals surface area contributed by atoms with Crippen molar-refractivity contribution in [2.24, 2.45) is 0 Å². The maximum atomic E-state index is 13.2. The largest absolute Gasteiger partial charge is 0.497 e. The summed E-state index contributed by atoms with van der Waals surface area (Å²) in [4.78, 5) is 30.8. The lowest BCUT2D eigenvalue weighted by atomic mass is 10.2. The second-order valence-electron chi connectivity index (χ2n) is 6.91. The van der Waals surface area contributed by atoms with Gasteiger partial charge < -0.3 is 9.47 Å². The van der Waals surface area contributed by atoms with E-state index in [9.17, 15) is 9.59 Å². The van der Waals surface area contributed by atoms with Crippen LogP contribution in [-0.2, 0) is 24.3 Å². The van der Waals surface area contributed by atoms with E-state index < -0.39 is 5.97 Å². The summed E-state index contributed by atoms with van der Waals surface area (Å²) in [6.07, 6.45) is 2.60. The molecule has 1 aromatic carbocycles. The van der Waals surface area contributed by atoms with Gasteiger partial charge in [0.05, 0.1) is 12.8 Å². The van der Waals surface area contributed by atoms with Crippen molar-refractivity contribution >= 4 is 17.3 Å². The minimum Gasteiger partial charge on any atom is -0.497 e. The van der Waals surface area contributed by atoms with Crippen LogP contribution >= 0.6 is 11.3 Å². The summed E-state index contributed by atoms with van der Waals surface area (Å²) in [6, 6.07) is 7.67. The number of nitrogens with zero attached hydrogens (tertiary/aromatic N) is 3. The Labute approximate surface area is 172 Å². The number of fused-ring (bicyclic) bond motifs is 1. The van der Waals surface area contributed by atoms with Crippen molar-refractivity contribution in [3.05, 3.63) is 39.5 Å². The van der Waals surface area contributed by atoms with Gasteiger partial charge >= 0.3 is 5.97 Å². The van der Waals surface area contributed by atoms with Crippen LogP contribution in [-0.4, -0.2) is 27.4 Å². The number of hydrogen-bond acceptors (Lipinski definition) is 6. The highest BCUT2D eigenvalue weighted by molar-refractivity contribution is 7.15. The Bertz CT molecular complexity index is 1110. The standard InChI is InChI=1S/C21H23N3O4S/c1-4-16-18(22-19(29-16)14-7-9-15(27-3)10-8-14)17-20(26)23-11-5-6-12-24(23)21(17)28-13(2)25/h7-10H,4-6,11-12H2,1-3H3. The molecular weight excluding hydrogens is 390 g/mol. The van der Waals surface area contributed by atoms with E-state index in [1.165, 1.54) is 6.92 Å². The molecule has 0 atom stereocenters. The molecule has 29 heavy (non-hydrogen) atoms. The number of thiazole rings is 1. The summed E-state index contributed by atoms with van der Waals surface area (Å²) in [5, 5.41) is 0.821. The normalized spacial score (nSPS) is 13.2. The number of carbonyl (C=O) groups excluding carboxylic acids is 1. The van der Waals surface area contributed by atoms with Crippen LogP contribution in [0.4, 0.5) is 0 Å². The summed E-state index contributed by atoms with van der Waals surface area (Å²) >= 11 is 1.55. The van der Waals surface area contributed by atoms with E-state index in [1.54, 1.807) is 27.8 Å². The molecule has 8 heteroatoms. The molecule has 1 aliphatic heterocycles. The highest BCUT2D eigenvalue weighted by Gasteiger charge is 2.29. The molecule has 0 spiro atoms. The average Bonchev–Trinajstić information content (AvgIpc) is 3.27. The first-order valence-electron chi connectivity index (χ1n) is 9.70. The molecule has 0 N–H and O–H groups in total. The minimum absolute atomic E-state index is 0.151. The zero-order valence-corrected chi connectivity index (χ0v) is 17.5. The molecule has 7 nitrogen and oxygen atoms in total. The molecule has 152 valence electrons. The van der Waals surface area contributed by atoms with Crippen LogP contribution in [0.25, 0.3) is 21.8 Å². The monoisotopic (exact) mass is 413 g/mol.